The van der Waals surface area contributed by atoms with Crippen LogP contribution < -0.4 is 5.32 Å². The van der Waals surface area contributed by atoms with Crippen LogP contribution in [0, 0.1) is 5.92 Å². The molecule has 2 aliphatic rings. The van der Waals surface area contributed by atoms with Crippen LogP contribution in [0.15, 0.2) is 0 Å². The fourth-order valence-corrected chi connectivity index (χ4v) is 3.52. The van der Waals surface area contributed by atoms with Gasteiger partial charge in [0.15, 0.2) is 0 Å². The summed E-state index contributed by atoms with van der Waals surface area (Å²) in [4.78, 5) is 6.31. The summed E-state index contributed by atoms with van der Waals surface area (Å²) in [5, 5.41) is 5.00. The summed E-state index contributed by atoms with van der Waals surface area (Å²) in [5.41, 5.74) is 1.34. The van der Waals surface area contributed by atoms with E-state index >= 15 is 0 Å². The van der Waals surface area contributed by atoms with Gasteiger partial charge in [0.1, 0.15) is 0 Å². The Hall–Kier alpha value is -0.410. The molecule has 0 aromatic carbocycles. The van der Waals surface area contributed by atoms with Gasteiger partial charge < -0.3 is 5.32 Å². The molecule has 0 radical (unpaired) electrons. The van der Waals surface area contributed by atoms with Crippen molar-refractivity contribution in [1.29, 1.82) is 0 Å². The second-order valence-corrected chi connectivity index (χ2v) is 6.37. The number of hydrogen-bond donors (Lipinski definition) is 1. The Morgan fingerprint density at radius 2 is 2.19 bits per heavy atom. The quantitative estimate of drug-likeness (QED) is 0.850. The lowest BCUT2D eigenvalue weighted by molar-refractivity contribution is 0.689. The molecule has 1 aromatic rings. The zero-order valence-corrected chi connectivity index (χ0v) is 10.9. The van der Waals surface area contributed by atoms with Crippen LogP contribution in [0.5, 0.6) is 0 Å². The Morgan fingerprint density at radius 3 is 2.75 bits per heavy atom. The second kappa shape index (κ2) is 4.11. The molecular weight excluding hydrogens is 216 g/mol. The van der Waals surface area contributed by atoms with Gasteiger partial charge in [-0.25, -0.2) is 4.98 Å². The van der Waals surface area contributed by atoms with Crippen molar-refractivity contribution in [3.05, 3.63) is 15.6 Å². The first-order chi connectivity index (χ1) is 7.78. The van der Waals surface area contributed by atoms with Crippen LogP contribution in [-0.2, 0) is 13.0 Å². The third-order valence-corrected chi connectivity index (χ3v) is 4.91. The minimum atomic E-state index is 0.782. The normalized spacial score (nSPS) is 28.4. The zero-order chi connectivity index (χ0) is 11.1. The molecule has 3 rings (SSSR count). The monoisotopic (exact) mass is 236 g/mol. The van der Waals surface area contributed by atoms with Crippen molar-refractivity contribution in [2.75, 3.05) is 0 Å². The van der Waals surface area contributed by atoms with Crippen molar-refractivity contribution in [2.24, 2.45) is 5.92 Å². The topological polar surface area (TPSA) is 24.9 Å². The first-order valence-electron chi connectivity index (χ1n) is 6.49. The Labute approximate surface area is 101 Å². The van der Waals surface area contributed by atoms with E-state index in [0.717, 1.165) is 30.8 Å². The molecule has 2 fully saturated rings. The molecular formula is C13H20N2S. The smallest absolute Gasteiger partial charge is 0.0965 e. The molecule has 1 N–H and O–H groups in total. The highest BCUT2D eigenvalue weighted by molar-refractivity contribution is 7.11. The van der Waals surface area contributed by atoms with Gasteiger partial charge >= 0.3 is 0 Å². The Kier molecular flexibility index (Phi) is 2.76. The van der Waals surface area contributed by atoms with Crippen LogP contribution in [0.2, 0.25) is 0 Å². The molecule has 2 unspecified atom stereocenters. The molecule has 0 bridgehead atoms. The van der Waals surface area contributed by atoms with Gasteiger partial charge in [-0.05, 0) is 31.6 Å². The average Bonchev–Trinajstić information content (AvgIpc) is 3.18. The first-order valence-corrected chi connectivity index (χ1v) is 7.31. The highest BCUT2D eigenvalue weighted by Crippen LogP contribution is 2.48. The maximum absolute atomic E-state index is 4.82. The fourth-order valence-electron chi connectivity index (χ4n) is 2.17. The molecule has 0 spiro atoms. The van der Waals surface area contributed by atoms with Crippen molar-refractivity contribution in [2.45, 2.75) is 58.0 Å². The van der Waals surface area contributed by atoms with Crippen LogP contribution in [0.25, 0.3) is 0 Å². The van der Waals surface area contributed by atoms with Gasteiger partial charge in [0.05, 0.1) is 10.7 Å². The summed E-state index contributed by atoms with van der Waals surface area (Å²) in [6.07, 6.45) is 5.17. The minimum absolute atomic E-state index is 0.782. The molecule has 2 saturated carbocycles. The van der Waals surface area contributed by atoms with Gasteiger partial charge in [-0.2, -0.15) is 0 Å². The van der Waals surface area contributed by atoms with Crippen molar-refractivity contribution in [3.63, 3.8) is 0 Å². The predicted octanol–water partition coefficient (Wildman–Crippen LogP) is 3.08. The molecule has 2 atom stereocenters. The average molecular weight is 236 g/mol. The van der Waals surface area contributed by atoms with E-state index in [1.807, 2.05) is 11.3 Å². The molecule has 2 nitrogen and oxygen atoms in total. The van der Waals surface area contributed by atoms with E-state index in [4.69, 9.17) is 4.98 Å². The first kappa shape index (κ1) is 10.7. The molecule has 88 valence electrons. The standard InChI is InChI=1S/C13H20N2S/c1-3-11-12(7-14-9-4-5-9)16-13(15-11)10-6-8(10)2/h8-10,14H,3-7H2,1-2H3. The summed E-state index contributed by atoms with van der Waals surface area (Å²) >= 11 is 1.95. The molecule has 0 amide bonds. The number of nitrogens with one attached hydrogen (secondary N) is 1. The third kappa shape index (κ3) is 2.16. The van der Waals surface area contributed by atoms with Gasteiger partial charge in [0.25, 0.3) is 0 Å². The lowest BCUT2D eigenvalue weighted by Gasteiger charge is -2.00. The van der Waals surface area contributed by atoms with Crippen molar-refractivity contribution in [1.82, 2.24) is 10.3 Å². The molecule has 16 heavy (non-hydrogen) atoms. The van der Waals surface area contributed by atoms with Gasteiger partial charge in [-0.3, -0.25) is 0 Å². The summed E-state index contributed by atoms with van der Waals surface area (Å²) in [6.45, 7) is 5.60. The molecule has 1 heterocycles. The molecule has 0 saturated heterocycles. The highest BCUT2D eigenvalue weighted by atomic mass is 32.1. The third-order valence-electron chi connectivity index (χ3n) is 3.68. The number of aryl methyl sites for hydroxylation is 1. The molecule has 0 aliphatic heterocycles. The van der Waals surface area contributed by atoms with E-state index in [1.54, 1.807) is 0 Å². The Balaban J connectivity index is 1.71. The highest BCUT2D eigenvalue weighted by Gasteiger charge is 2.37. The number of thiazole rings is 1. The van der Waals surface area contributed by atoms with E-state index in [0.29, 0.717) is 0 Å². The molecule has 1 aromatic heterocycles. The van der Waals surface area contributed by atoms with Crippen LogP contribution in [0.4, 0.5) is 0 Å². The zero-order valence-electron chi connectivity index (χ0n) is 10.1. The molecule has 3 heteroatoms. The maximum atomic E-state index is 4.82. The van der Waals surface area contributed by atoms with Crippen molar-refractivity contribution < 1.29 is 0 Å². The van der Waals surface area contributed by atoms with Crippen molar-refractivity contribution >= 4 is 11.3 Å². The predicted molar refractivity (Wildman–Crippen MR) is 67.9 cm³/mol. The lowest BCUT2D eigenvalue weighted by atomic mass is 10.3. The van der Waals surface area contributed by atoms with Crippen LogP contribution in [0.3, 0.4) is 0 Å². The van der Waals surface area contributed by atoms with Crippen LogP contribution in [0.1, 0.15) is 54.6 Å². The number of hydrogen-bond acceptors (Lipinski definition) is 3. The van der Waals surface area contributed by atoms with E-state index < -0.39 is 0 Å². The molecule has 2 aliphatic carbocycles. The second-order valence-electron chi connectivity index (χ2n) is 5.25. The Morgan fingerprint density at radius 1 is 1.44 bits per heavy atom. The number of aromatic nitrogens is 1. The van der Waals surface area contributed by atoms with Gasteiger partial charge in [0, 0.05) is 23.4 Å². The Bertz CT molecular complexity index is 381. The van der Waals surface area contributed by atoms with E-state index in [-0.39, 0.29) is 0 Å². The maximum Gasteiger partial charge on any atom is 0.0965 e. The van der Waals surface area contributed by atoms with Crippen LogP contribution in [-0.4, -0.2) is 11.0 Å². The van der Waals surface area contributed by atoms with E-state index in [9.17, 15) is 0 Å². The van der Waals surface area contributed by atoms with Crippen LogP contribution >= 0.6 is 11.3 Å². The largest absolute Gasteiger partial charge is 0.309 e. The number of rotatable bonds is 5. The summed E-state index contributed by atoms with van der Waals surface area (Å²) in [7, 11) is 0. The SMILES string of the molecule is CCc1nc(C2CC2C)sc1CNC1CC1. The summed E-state index contributed by atoms with van der Waals surface area (Å²) in [6, 6.07) is 0.801. The lowest BCUT2D eigenvalue weighted by Crippen LogP contribution is -2.15. The minimum Gasteiger partial charge on any atom is -0.309 e. The van der Waals surface area contributed by atoms with E-state index in [2.05, 4.69) is 19.2 Å². The van der Waals surface area contributed by atoms with E-state index in [1.165, 1.54) is 34.8 Å². The summed E-state index contributed by atoms with van der Waals surface area (Å²) in [5.74, 6) is 1.66. The fraction of sp³-hybridized carbons (Fsp3) is 0.769. The number of nitrogens with zero attached hydrogens (tertiary/aromatic N) is 1. The van der Waals surface area contributed by atoms with Gasteiger partial charge in [-0.15, -0.1) is 11.3 Å². The summed E-state index contributed by atoms with van der Waals surface area (Å²) < 4.78 is 0. The van der Waals surface area contributed by atoms with Gasteiger partial charge in [-0.1, -0.05) is 13.8 Å². The van der Waals surface area contributed by atoms with Crippen molar-refractivity contribution in [3.8, 4) is 0 Å². The van der Waals surface area contributed by atoms with Gasteiger partial charge in [0.2, 0.25) is 0 Å².